The van der Waals surface area contributed by atoms with Gasteiger partial charge in [0.1, 0.15) is 11.4 Å². The number of hydrazine groups is 1. The molecule has 2 aliphatic heterocycles. The Bertz CT molecular complexity index is 1020. The number of pyridine rings is 1. The van der Waals surface area contributed by atoms with Gasteiger partial charge in [0, 0.05) is 24.7 Å². The largest absolute Gasteiger partial charge is 0.378 e. The number of ether oxygens (including phenoxy) is 1. The van der Waals surface area contributed by atoms with Crippen molar-refractivity contribution in [3.63, 3.8) is 0 Å². The van der Waals surface area contributed by atoms with E-state index in [4.69, 9.17) is 9.72 Å². The molecule has 3 aromatic rings. The maximum Gasteiger partial charge on any atom is 0.181 e. The molecule has 0 bridgehead atoms. The number of H-pyrrole nitrogens is 1. The van der Waals surface area contributed by atoms with E-state index in [1.165, 1.54) is 5.56 Å². The maximum absolute atomic E-state index is 5.51. The first-order valence-corrected chi connectivity index (χ1v) is 9.60. The molecule has 1 saturated heterocycles. The number of hydrogen-bond acceptors (Lipinski definition) is 7. The molecule has 0 atom stereocenters. The van der Waals surface area contributed by atoms with Crippen LogP contribution in [0.25, 0.3) is 11.2 Å². The quantitative estimate of drug-likeness (QED) is 0.725. The highest BCUT2D eigenvalue weighted by Crippen LogP contribution is 2.28. The fourth-order valence-electron chi connectivity index (χ4n) is 3.69. The predicted molar refractivity (Wildman–Crippen MR) is 110 cm³/mol. The molecule has 144 valence electrons. The molecule has 0 amide bonds. The Morgan fingerprint density at radius 2 is 2.00 bits per heavy atom. The van der Waals surface area contributed by atoms with Crippen molar-refractivity contribution in [2.24, 2.45) is 4.99 Å². The highest BCUT2D eigenvalue weighted by Gasteiger charge is 2.21. The molecule has 2 N–H and O–H groups in total. The lowest BCUT2D eigenvalue weighted by atomic mass is 10.1. The number of aromatic amines is 1. The number of aliphatic imine (C=N–C) groups is 1. The molecule has 0 aliphatic carbocycles. The maximum atomic E-state index is 5.51. The monoisotopic (exact) mass is 377 g/mol. The van der Waals surface area contributed by atoms with Crippen LogP contribution in [0.1, 0.15) is 11.1 Å². The van der Waals surface area contributed by atoms with E-state index in [9.17, 15) is 0 Å². The number of imidazole rings is 1. The number of fused-ring (bicyclic) bond motifs is 1. The van der Waals surface area contributed by atoms with Gasteiger partial charge in [-0.15, -0.1) is 0 Å². The van der Waals surface area contributed by atoms with Gasteiger partial charge < -0.3 is 14.6 Å². The second-order valence-electron chi connectivity index (χ2n) is 7.06. The van der Waals surface area contributed by atoms with Crippen LogP contribution >= 0.6 is 0 Å². The van der Waals surface area contributed by atoms with E-state index in [2.05, 4.69) is 67.6 Å². The smallest absolute Gasteiger partial charge is 0.181 e. The topological polar surface area (TPSA) is 81.7 Å². The number of aromatic nitrogens is 3. The van der Waals surface area contributed by atoms with E-state index in [0.717, 1.165) is 66.9 Å². The van der Waals surface area contributed by atoms with E-state index in [1.54, 1.807) is 6.33 Å². The zero-order chi connectivity index (χ0) is 18.9. The number of rotatable bonds is 3. The van der Waals surface area contributed by atoms with Crippen LogP contribution in [0.5, 0.6) is 0 Å². The Labute approximate surface area is 163 Å². The van der Waals surface area contributed by atoms with Gasteiger partial charge in [0.05, 0.1) is 38.3 Å². The number of aryl methyl sites for hydroxylation is 1. The number of nitrogens with one attached hydrogen (secondary N) is 2. The molecular weight excluding hydrogens is 354 g/mol. The van der Waals surface area contributed by atoms with Crippen LogP contribution in [0.15, 0.2) is 41.7 Å². The summed E-state index contributed by atoms with van der Waals surface area (Å²) in [6.07, 6.45) is 1.70. The van der Waals surface area contributed by atoms with Crippen molar-refractivity contribution in [2.45, 2.75) is 6.92 Å². The molecule has 4 heterocycles. The zero-order valence-corrected chi connectivity index (χ0v) is 15.9. The van der Waals surface area contributed by atoms with Gasteiger partial charge >= 0.3 is 0 Å². The van der Waals surface area contributed by atoms with Crippen molar-refractivity contribution in [2.75, 3.05) is 49.3 Å². The fourth-order valence-corrected chi connectivity index (χ4v) is 3.69. The normalized spacial score (nSPS) is 17.5. The zero-order valence-electron chi connectivity index (χ0n) is 15.9. The lowest BCUT2D eigenvalue weighted by Gasteiger charge is -2.32. The van der Waals surface area contributed by atoms with E-state index in [1.807, 2.05) is 0 Å². The molecule has 2 aliphatic rings. The molecule has 8 heteroatoms. The molecule has 8 nitrogen and oxygen atoms in total. The molecular formula is C20H23N7O. The summed E-state index contributed by atoms with van der Waals surface area (Å²) in [5, 5.41) is 2.06. The Balaban J connectivity index is 1.48. The first-order chi connectivity index (χ1) is 13.8. The first kappa shape index (κ1) is 17.0. The van der Waals surface area contributed by atoms with Crippen molar-refractivity contribution in [3.05, 3.63) is 47.8 Å². The van der Waals surface area contributed by atoms with Crippen LogP contribution in [-0.4, -0.2) is 60.2 Å². The molecule has 28 heavy (non-hydrogen) atoms. The van der Waals surface area contributed by atoms with Gasteiger partial charge in [0.25, 0.3) is 0 Å². The number of anilines is 2. The average Bonchev–Trinajstić information content (AvgIpc) is 3.22. The van der Waals surface area contributed by atoms with Crippen molar-refractivity contribution in [3.8, 4) is 0 Å². The molecule has 0 saturated carbocycles. The highest BCUT2D eigenvalue weighted by atomic mass is 16.5. The van der Waals surface area contributed by atoms with Crippen LogP contribution in [0, 0.1) is 6.92 Å². The minimum absolute atomic E-state index is 0.712. The highest BCUT2D eigenvalue weighted by molar-refractivity contribution is 6.00. The summed E-state index contributed by atoms with van der Waals surface area (Å²) < 4.78 is 5.51. The van der Waals surface area contributed by atoms with E-state index >= 15 is 0 Å². The Kier molecular flexibility index (Phi) is 4.32. The van der Waals surface area contributed by atoms with Gasteiger partial charge in [-0.3, -0.25) is 15.4 Å². The van der Waals surface area contributed by atoms with E-state index in [0.29, 0.717) is 6.54 Å². The second kappa shape index (κ2) is 7.12. The molecule has 0 spiro atoms. The van der Waals surface area contributed by atoms with Gasteiger partial charge in [-0.05, 0) is 13.0 Å². The SMILES string of the molecule is Cc1cccc(C2=NCCN(c3cc(N4CCOCC4)c4[nH]cnc4n3)N2)c1. The Morgan fingerprint density at radius 3 is 2.86 bits per heavy atom. The summed E-state index contributed by atoms with van der Waals surface area (Å²) in [6, 6.07) is 10.5. The van der Waals surface area contributed by atoms with E-state index in [-0.39, 0.29) is 0 Å². The number of morpholine rings is 1. The average molecular weight is 377 g/mol. The van der Waals surface area contributed by atoms with Crippen molar-refractivity contribution >= 4 is 28.5 Å². The van der Waals surface area contributed by atoms with Crippen LogP contribution in [0.3, 0.4) is 0 Å². The Hall–Kier alpha value is -3.13. The number of benzene rings is 1. The van der Waals surface area contributed by atoms with Gasteiger partial charge in [0.15, 0.2) is 11.5 Å². The summed E-state index contributed by atoms with van der Waals surface area (Å²) in [6.45, 7) is 6.75. The summed E-state index contributed by atoms with van der Waals surface area (Å²) in [5.74, 6) is 1.72. The molecule has 5 rings (SSSR count). The standard InChI is InChI=1S/C20H23N7O/c1-14-3-2-4-15(11-14)19-21-5-6-27(25-19)17-12-16(26-7-9-28-10-8-26)18-20(24-17)23-13-22-18/h2-4,11-13H,5-10H2,1H3,(H,21,25)(H,22,23,24). The minimum Gasteiger partial charge on any atom is -0.378 e. The van der Waals surface area contributed by atoms with Crippen molar-refractivity contribution < 1.29 is 4.74 Å². The minimum atomic E-state index is 0.712. The summed E-state index contributed by atoms with van der Waals surface area (Å²) in [7, 11) is 0. The van der Waals surface area contributed by atoms with Crippen LogP contribution in [0.4, 0.5) is 11.5 Å². The third-order valence-corrected chi connectivity index (χ3v) is 5.12. The Morgan fingerprint density at radius 1 is 1.11 bits per heavy atom. The fraction of sp³-hybridized carbons (Fsp3) is 0.350. The number of hydrogen-bond donors (Lipinski definition) is 2. The molecule has 2 aromatic heterocycles. The van der Waals surface area contributed by atoms with Gasteiger partial charge in [-0.2, -0.15) is 0 Å². The third-order valence-electron chi connectivity index (χ3n) is 5.12. The third kappa shape index (κ3) is 3.16. The predicted octanol–water partition coefficient (Wildman–Crippen LogP) is 1.87. The lowest BCUT2D eigenvalue weighted by molar-refractivity contribution is 0.123. The first-order valence-electron chi connectivity index (χ1n) is 9.60. The molecule has 0 unspecified atom stereocenters. The number of amidine groups is 1. The van der Waals surface area contributed by atoms with Gasteiger partial charge in [-0.1, -0.05) is 23.8 Å². The molecule has 0 radical (unpaired) electrons. The molecule has 1 fully saturated rings. The van der Waals surface area contributed by atoms with Crippen LogP contribution in [-0.2, 0) is 4.74 Å². The van der Waals surface area contributed by atoms with Gasteiger partial charge in [-0.25, -0.2) is 9.97 Å². The summed E-state index contributed by atoms with van der Waals surface area (Å²) >= 11 is 0. The molecule has 1 aromatic carbocycles. The van der Waals surface area contributed by atoms with Crippen molar-refractivity contribution in [1.29, 1.82) is 0 Å². The van der Waals surface area contributed by atoms with Crippen LogP contribution in [0.2, 0.25) is 0 Å². The second-order valence-corrected chi connectivity index (χ2v) is 7.06. The van der Waals surface area contributed by atoms with Crippen molar-refractivity contribution in [1.82, 2.24) is 20.4 Å². The van der Waals surface area contributed by atoms with E-state index < -0.39 is 0 Å². The summed E-state index contributed by atoms with van der Waals surface area (Å²) in [4.78, 5) is 19.4. The van der Waals surface area contributed by atoms with Crippen LogP contribution < -0.4 is 15.3 Å². The summed E-state index contributed by atoms with van der Waals surface area (Å²) in [5.41, 5.74) is 8.54. The van der Waals surface area contributed by atoms with Gasteiger partial charge in [0.2, 0.25) is 0 Å². The lowest BCUT2D eigenvalue weighted by Crippen LogP contribution is -2.48. The number of nitrogens with zero attached hydrogens (tertiary/aromatic N) is 5.